The number of unbranched alkanes of at least 4 members (excludes halogenated alkanes) is 2. The van der Waals surface area contributed by atoms with Crippen LogP contribution in [0.1, 0.15) is 63.4 Å². The number of thiocarbonyl (C=S) groups is 1. The molecule has 0 spiro atoms. The molecule has 1 N–H and O–H groups in total. The van der Waals surface area contributed by atoms with Crippen LogP contribution in [0.3, 0.4) is 0 Å². The van der Waals surface area contributed by atoms with Crippen molar-refractivity contribution in [1.82, 2.24) is 10.2 Å². The number of hydrogen-bond acceptors (Lipinski definition) is 6. The van der Waals surface area contributed by atoms with Crippen molar-refractivity contribution < 1.29 is 19.1 Å². The van der Waals surface area contributed by atoms with Crippen molar-refractivity contribution in [3.8, 4) is 11.5 Å². The second-order valence-corrected chi connectivity index (χ2v) is 9.84. The molecule has 1 heterocycles. The maximum absolute atomic E-state index is 12.8. The molecular weight excluding hydrogens is 444 g/mol. The summed E-state index contributed by atoms with van der Waals surface area (Å²) in [6.07, 6.45) is 10.9. The van der Waals surface area contributed by atoms with E-state index in [0.29, 0.717) is 39.7 Å². The van der Waals surface area contributed by atoms with Gasteiger partial charge in [-0.3, -0.25) is 14.5 Å². The van der Waals surface area contributed by atoms with Gasteiger partial charge in [0.2, 0.25) is 5.91 Å². The Kier molecular flexibility index (Phi) is 9.41. The first-order valence-electron chi connectivity index (χ1n) is 11.3. The van der Waals surface area contributed by atoms with Crippen LogP contribution in [0.4, 0.5) is 0 Å². The van der Waals surface area contributed by atoms with E-state index in [0.717, 1.165) is 37.7 Å². The van der Waals surface area contributed by atoms with Gasteiger partial charge in [0.1, 0.15) is 4.32 Å². The summed E-state index contributed by atoms with van der Waals surface area (Å²) in [5, 5.41) is 3.16. The van der Waals surface area contributed by atoms with Gasteiger partial charge in [-0.15, -0.1) is 0 Å². The number of benzene rings is 1. The van der Waals surface area contributed by atoms with Crippen LogP contribution in [0.5, 0.6) is 11.5 Å². The number of ether oxygens (including phenoxy) is 2. The molecule has 8 heteroatoms. The maximum atomic E-state index is 12.8. The van der Waals surface area contributed by atoms with Gasteiger partial charge in [-0.25, -0.2) is 0 Å². The number of carbonyl (C=O) groups is 2. The molecule has 1 aromatic rings. The van der Waals surface area contributed by atoms with Gasteiger partial charge < -0.3 is 14.8 Å². The zero-order chi connectivity index (χ0) is 22.9. The lowest BCUT2D eigenvalue weighted by atomic mass is 9.95. The largest absolute Gasteiger partial charge is 0.493 e. The highest BCUT2D eigenvalue weighted by atomic mass is 32.2. The lowest BCUT2D eigenvalue weighted by Gasteiger charge is -2.22. The first-order chi connectivity index (χ1) is 15.5. The Morgan fingerprint density at radius 1 is 1.16 bits per heavy atom. The van der Waals surface area contributed by atoms with E-state index in [2.05, 4.69) is 5.32 Å². The Labute approximate surface area is 200 Å². The molecule has 2 amide bonds. The quantitative estimate of drug-likeness (QED) is 0.294. The highest BCUT2D eigenvalue weighted by Gasteiger charge is 2.31. The van der Waals surface area contributed by atoms with E-state index in [4.69, 9.17) is 21.7 Å². The molecule has 174 valence electrons. The fourth-order valence-electron chi connectivity index (χ4n) is 4.07. The van der Waals surface area contributed by atoms with E-state index >= 15 is 0 Å². The lowest BCUT2D eigenvalue weighted by molar-refractivity contribution is -0.123. The minimum Gasteiger partial charge on any atom is -0.493 e. The van der Waals surface area contributed by atoms with Crippen molar-refractivity contribution in [3.63, 3.8) is 0 Å². The Bertz CT molecular complexity index is 866. The zero-order valence-corrected chi connectivity index (χ0v) is 20.5. The van der Waals surface area contributed by atoms with Crippen LogP contribution >= 0.6 is 24.0 Å². The summed E-state index contributed by atoms with van der Waals surface area (Å²) in [5.41, 5.74) is 0.854. The summed E-state index contributed by atoms with van der Waals surface area (Å²) >= 11 is 6.75. The monoisotopic (exact) mass is 476 g/mol. The molecule has 0 atom stereocenters. The molecule has 1 aliphatic carbocycles. The second kappa shape index (κ2) is 12.3. The molecule has 1 aromatic carbocycles. The van der Waals surface area contributed by atoms with Crippen molar-refractivity contribution in [2.45, 2.75) is 63.8 Å². The van der Waals surface area contributed by atoms with Crippen LogP contribution in [-0.2, 0) is 9.59 Å². The zero-order valence-electron chi connectivity index (χ0n) is 18.9. The topological polar surface area (TPSA) is 67.9 Å². The number of amides is 2. The highest BCUT2D eigenvalue weighted by Crippen LogP contribution is 2.34. The molecular formula is C24H32N2O4S2. The van der Waals surface area contributed by atoms with Crippen LogP contribution < -0.4 is 14.8 Å². The number of hydrogen-bond donors (Lipinski definition) is 1. The van der Waals surface area contributed by atoms with E-state index in [9.17, 15) is 9.59 Å². The fourth-order valence-corrected chi connectivity index (χ4v) is 5.37. The number of thioether (sulfide) groups is 1. The van der Waals surface area contributed by atoms with E-state index < -0.39 is 0 Å². The standard InChI is InChI=1S/C24H32N2O4S2/c1-29-19-13-12-17(15-20(19)30-2)16-21-23(28)26(24(31)32-21)14-8-4-7-11-22(27)25-18-9-5-3-6-10-18/h12-13,15-16,18H,3-11,14H2,1-2H3,(H,25,27). The molecule has 0 aromatic heterocycles. The normalized spacial score (nSPS) is 18.3. The third-order valence-corrected chi connectivity index (χ3v) is 7.21. The first-order valence-corrected chi connectivity index (χ1v) is 12.5. The molecule has 0 bridgehead atoms. The molecule has 2 aliphatic rings. The van der Waals surface area contributed by atoms with Crippen molar-refractivity contribution >= 4 is 46.2 Å². The van der Waals surface area contributed by atoms with Crippen LogP contribution in [0.2, 0.25) is 0 Å². The maximum Gasteiger partial charge on any atom is 0.266 e. The van der Waals surface area contributed by atoms with Gasteiger partial charge in [0.25, 0.3) is 5.91 Å². The molecule has 1 saturated carbocycles. The van der Waals surface area contributed by atoms with Gasteiger partial charge in [-0.05, 0) is 49.5 Å². The van der Waals surface area contributed by atoms with Crippen LogP contribution in [0.25, 0.3) is 6.08 Å². The Hall–Kier alpha value is -2.06. The summed E-state index contributed by atoms with van der Waals surface area (Å²) in [7, 11) is 3.17. The molecule has 0 radical (unpaired) electrons. The minimum absolute atomic E-state index is 0.0650. The van der Waals surface area contributed by atoms with E-state index in [1.165, 1.54) is 31.0 Å². The molecule has 0 unspecified atom stereocenters. The van der Waals surface area contributed by atoms with Crippen LogP contribution in [0.15, 0.2) is 23.1 Å². The van der Waals surface area contributed by atoms with Crippen molar-refractivity contribution in [3.05, 3.63) is 28.7 Å². The third-order valence-electron chi connectivity index (χ3n) is 5.83. The number of nitrogens with zero attached hydrogens (tertiary/aromatic N) is 1. The van der Waals surface area contributed by atoms with Crippen molar-refractivity contribution in [2.24, 2.45) is 0 Å². The first kappa shape index (κ1) is 24.6. The Morgan fingerprint density at radius 3 is 2.62 bits per heavy atom. The van der Waals surface area contributed by atoms with Crippen LogP contribution in [-0.4, -0.2) is 47.8 Å². The van der Waals surface area contributed by atoms with Gasteiger partial charge >= 0.3 is 0 Å². The Morgan fingerprint density at radius 2 is 1.91 bits per heavy atom. The van der Waals surface area contributed by atoms with Crippen molar-refractivity contribution in [2.75, 3.05) is 20.8 Å². The van der Waals surface area contributed by atoms with Crippen molar-refractivity contribution in [1.29, 1.82) is 0 Å². The average molecular weight is 477 g/mol. The van der Waals surface area contributed by atoms with E-state index in [1.807, 2.05) is 24.3 Å². The number of nitrogens with one attached hydrogen (secondary N) is 1. The SMILES string of the molecule is COc1ccc(C=C2SC(=S)N(CCCCCC(=O)NC3CCCCC3)C2=O)cc1OC. The predicted octanol–water partition coefficient (Wildman–Crippen LogP) is 4.91. The minimum atomic E-state index is -0.0650. The van der Waals surface area contributed by atoms with Gasteiger partial charge in [0.05, 0.1) is 19.1 Å². The van der Waals surface area contributed by atoms with Gasteiger partial charge in [0, 0.05) is 19.0 Å². The molecule has 3 rings (SSSR count). The predicted molar refractivity (Wildman–Crippen MR) is 133 cm³/mol. The van der Waals surface area contributed by atoms with E-state index in [-0.39, 0.29) is 11.8 Å². The summed E-state index contributed by atoms with van der Waals surface area (Å²) in [4.78, 5) is 27.2. The fraction of sp³-hybridized carbons (Fsp3) is 0.542. The average Bonchev–Trinajstić information content (AvgIpc) is 3.06. The number of methoxy groups -OCH3 is 2. The number of rotatable bonds is 10. The number of carbonyl (C=O) groups excluding carboxylic acids is 2. The summed E-state index contributed by atoms with van der Waals surface area (Å²) in [6.45, 7) is 0.582. The summed E-state index contributed by atoms with van der Waals surface area (Å²) in [6, 6.07) is 5.90. The highest BCUT2D eigenvalue weighted by molar-refractivity contribution is 8.26. The molecule has 1 aliphatic heterocycles. The van der Waals surface area contributed by atoms with Gasteiger partial charge in [-0.2, -0.15) is 0 Å². The summed E-state index contributed by atoms with van der Waals surface area (Å²) < 4.78 is 11.2. The Balaban J connectivity index is 1.44. The third kappa shape index (κ3) is 6.72. The molecule has 6 nitrogen and oxygen atoms in total. The lowest BCUT2D eigenvalue weighted by Crippen LogP contribution is -2.36. The smallest absolute Gasteiger partial charge is 0.266 e. The molecule has 2 fully saturated rings. The van der Waals surface area contributed by atoms with Crippen LogP contribution in [0, 0.1) is 0 Å². The summed E-state index contributed by atoms with van der Waals surface area (Å²) in [5.74, 6) is 1.35. The second-order valence-electron chi connectivity index (χ2n) is 8.16. The molecule has 1 saturated heterocycles. The van der Waals surface area contributed by atoms with E-state index in [1.54, 1.807) is 19.1 Å². The molecule has 32 heavy (non-hydrogen) atoms. The van der Waals surface area contributed by atoms with Gasteiger partial charge in [0.15, 0.2) is 11.5 Å². The van der Waals surface area contributed by atoms with Gasteiger partial charge in [-0.1, -0.05) is 55.7 Å².